The number of hydrogen-bond acceptors (Lipinski definition) is 4. The van der Waals surface area contributed by atoms with Gasteiger partial charge in [-0.3, -0.25) is 19.0 Å². The number of phenols is 1. The molecular formula is C21H17ClF2N2O5. The van der Waals surface area contributed by atoms with Crippen molar-refractivity contribution in [1.29, 1.82) is 0 Å². The lowest BCUT2D eigenvalue weighted by atomic mass is 10.1. The number of hydrogen-bond donors (Lipinski definition) is 3. The van der Waals surface area contributed by atoms with Gasteiger partial charge in [0.25, 0.3) is 5.91 Å². The maximum Gasteiger partial charge on any atom is 0.325 e. The molecule has 31 heavy (non-hydrogen) atoms. The first-order valence-corrected chi connectivity index (χ1v) is 9.43. The van der Waals surface area contributed by atoms with Crippen molar-refractivity contribution < 1.29 is 33.4 Å². The van der Waals surface area contributed by atoms with Gasteiger partial charge in [-0.05, 0) is 43.7 Å². The Labute approximate surface area is 179 Å². The minimum Gasteiger partial charge on any atom is -0.505 e. The molecule has 10 heteroatoms. The van der Waals surface area contributed by atoms with Gasteiger partial charge in [0.1, 0.15) is 11.9 Å². The molecule has 0 spiro atoms. The summed E-state index contributed by atoms with van der Waals surface area (Å²) in [5.41, 5.74) is 0.523. The van der Waals surface area contributed by atoms with Gasteiger partial charge in [0.2, 0.25) is 5.91 Å². The van der Waals surface area contributed by atoms with E-state index in [2.05, 4.69) is 5.32 Å². The van der Waals surface area contributed by atoms with Gasteiger partial charge < -0.3 is 15.5 Å². The van der Waals surface area contributed by atoms with Crippen molar-refractivity contribution >= 4 is 40.3 Å². The second kappa shape index (κ2) is 8.35. The van der Waals surface area contributed by atoms with Crippen LogP contribution in [0.15, 0.2) is 30.3 Å². The Morgan fingerprint density at radius 1 is 1.16 bits per heavy atom. The summed E-state index contributed by atoms with van der Waals surface area (Å²) in [4.78, 5) is 36.4. The quantitative estimate of drug-likeness (QED) is 0.552. The molecule has 2 aromatic carbocycles. The molecule has 0 radical (unpaired) electrons. The highest BCUT2D eigenvalue weighted by molar-refractivity contribution is 6.30. The maximum atomic E-state index is 14.1. The van der Waals surface area contributed by atoms with Gasteiger partial charge in [0, 0.05) is 22.7 Å². The van der Waals surface area contributed by atoms with Crippen LogP contribution in [0.5, 0.6) is 5.75 Å². The van der Waals surface area contributed by atoms with Crippen LogP contribution in [0.1, 0.15) is 28.5 Å². The average molecular weight is 451 g/mol. The molecule has 7 nitrogen and oxygen atoms in total. The molecule has 0 saturated heterocycles. The predicted molar refractivity (Wildman–Crippen MR) is 108 cm³/mol. The number of aromatic hydroxyl groups is 1. The van der Waals surface area contributed by atoms with Crippen LogP contribution < -0.4 is 5.32 Å². The number of benzene rings is 2. The van der Waals surface area contributed by atoms with Gasteiger partial charge in [0.15, 0.2) is 11.6 Å². The number of rotatable bonds is 5. The summed E-state index contributed by atoms with van der Waals surface area (Å²) in [6, 6.07) is 4.31. The normalized spacial score (nSPS) is 12.0. The van der Waals surface area contributed by atoms with Crippen LogP contribution in [0.2, 0.25) is 5.02 Å². The molecule has 1 amide bonds. The van der Waals surface area contributed by atoms with E-state index < -0.39 is 41.2 Å². The number of carbonyl (C=O) groups excluding carboxylic acids is 2. The van der Waals surface area contributed by atoms with Gasteiger partial charge in [0.05, 0.1) is 17.0 Å². The molecule has 0 bridgehead atoms. The monoisotopic (exact) mass is 450 g/mol. The molecule has 1 heterocycles. The Hall–Kier alpha value is -3.46. The number of carboxylic acid groups (broad SMARTS) is 1. The molecule has 0 aliphatic rings. The second-order valence-corrected chi connectivity index (χ2v) is 7.37. The minimum atomic E-state index is -1.23. The Kier molecular flexibility index (Phi) is 5.99. The topological polar surface area (TPSA) is 109 Å². The number of carbonyl (C=O) groups is 3. The number of nitrogens with zero attached hydrogens (tertiary/aromatic N) is 1. The van der Waals surface area contributed by atoms with E-state index in [0.717, 1.165) is 22.8 Å². The lowest BCUT2D eigenvalue weighted by Crippen LogP contribution is -2.39. The lowest BCUT2D eigenvalue weighted by molar-refractivity contribution is -0.141. The number of halogens is 3. The summed E-state index contributed by atoms with van der Waals surface area (Å²) in [6.07, 6.45) is -0.333. The number of aliphatic carboxylic acids is 1. The molecule has 0 aliphatic carbocycles. The molecule has 0 fully saturated rings. The molecule has 0 aliphatic heterocycles. The summed E-state index contributed by atoms with van der Waals surface area (Å²) < 4.78 is 29.0. The van der Waals surface area contributed by atoms with Gasteiger partial charge in [-0.25, -0.2) is 8.78 Å². The molecule has 1 atom stereocenters. The number of phenolic OH excluding ortho intramolecular Hbond substituents is 1. The highest BCUT2D eigenvalue weighted by atomic mass is 35.5. The molecule has 3 aromatic rings. The number of amides is 1. The minimum absolute atomic E-state index is 0.0576. The van der Waals surface area contributed by atoms with E-state index in [0.29, 0.717) is 0 Å². The van der Waals surface area contributed by atoms with Crippen LogP contribution in [-0.2, 0) is 16.0 Å². The third-order valence-corrected chi connectivity index (χ3v) is 5.16. The van der Waals surface area contributed by atoms with Crippen molar-refractivity contribution in [2.24, 2.45) is 0 Å². The van der Waals surface area contributed by atoms with Crippen LogP contribution in [0, 0.1) is 18.6 Å². The Morgan fingerprint density at radius 3 is 2.45 bits per heavy atom. The maximum absolute atomic E-state index is 14.1. The van der Waals surface area contributed by atoms with Crippen molar-refractivity contribution in [2.75, 3.05) is 0 Å². The first-order chi connectivity index (χ1) is 14.5. The standard InChI is InChI=1S/C21H17ClF2N2O5/c1-9(21(30)31)25-19(28)7-12-10(2)26(17-8-16(24)18(27)6-13(12)17)20(29)11-3-4-14(22)15(23)5-11/h3-6,8-9,27H,7H2,1-2H3,(H,25,28)(H,30,31). The predicted octanol–water partition coefficient (Wildman–Crippen LogP) is 3.41. The SMILES string of the molecule is Cc1c(CC(=O)NC(C)C(=O)O)c2cc(O)c(F)cc2n1C(=O)c1ccc(Cl)c(F)c1. The molecular weight excluding hydrogens is 434 g/mol. The first-order valence-electron chi connectivity index (χ1n) is 9.05. The summed E-state index contributed by atoms with van der Waals surface area (Å²) in [5, 5.41) is 21.1. The van der Waals surface area contributed by atoms with Gasteiger partial charge >= 0.3 is 5.97 Å². The molecule has 1 unspecified atom stereocenters. The van der Waals surface area contributed by atoms with Crippen LogP contribution in [0.4, 0.5) is 8.78 Å². The zero-order chi connectivity index (χ0) is 23.0. The van der Waals surface area contributed by atoms with Crippen molar-refractivity contribution in [3.8, 4) is 5.75 Å². The highest BCUT2D eigenvalue weighted by Gasteiger charge is 2.24. The fraction of sp³-hybridized carbons (Fsp3) is 0.190. The van der Waals surface area contributed by atoms with Crippen molar-refractivity contribution in [1.82, 2.24) is 9.88 Å². The third-order valence-electron chi connectivity index (χ3n) is 4.86. The first kappa shape index (κ1) is 22.2. The van der Waals surface area contributed by atoms with Crippen molar-refractivity contribution in [3.63, 3.8) is 0 Å². The molecule has 162 valence electrons. The van der Waals surface area contributed by atoms with Crippen LogP contribution in [-0.4, -0.2) is 38.6 Å². The van der Waals surface area contributed by atoms with Crippen LogP contribution in [0.3, 0.4) is 0 Å². The summed E-state index contributed by atoms with van der Waals surface area (Å²) in [7, 11) is 0. The van der Waals surface area contributed by atoms with Gasteiger partial charge in [-0.15, -0.1) is 0 Å². The summed E-state index contributed by atoms with van der Waals surface area (Å²) in [6.45, 7) is 2.79. The molecule has 1 aromatic heterocycles. The Bertz CT molecular complexity index is 1240. The Morgan fingerprint density at radius 2 is 1.84 bits per heavy atom. The fourth-order valence-electron chi connectivity index (χ4n) is 3.25. The molecule has 0 saturated carbocycles. The van der Waals surface area contributed by atoms with Crippen LogP contribution in [0.25, 0.3) is 10.9 Å². The Balaban J connectivity index is 2.14. The lowest BCUT2D eigenvalue weighted by Gasteiger charge is -2.10. The van der Waals surface area contributed by atoms with Crippen molar-refractivity contribution in [3.05, 3.63) is 63.8 Å². The van der Waals surface area contributed by atoms with E-state index in [1.807, 2.05) is 0 Å². The van der Waals surface area contributed by atoms with E-state index in [-0.39, 0.29) is 39.2 Å². The zero-order valence-electron chi connectivity index (χ0n) is 16.4. The van der Waals surface area contributed by atoms with Crippen molar-refractivity contribution in [2.45, 2.75) is 26.3 Å². The third kappa shape index (κ3) is 4.22. The van der Waals surface area contributed by atoms with Crippen LogP contribution >= 0.6 is 11.6 Å². The molecule has 3 N–H and O–H groups in total. The van der Waals surface area contributed by atoms with E-state index in [1.54, 1.807) is 0 Å². The molecule has 3 rings (SSSR count). The van der Waals surface area contributed by atoms with E-state index in [9.17, 15) is 28.3 Å². The summed E-state index contributed by atoms with van der Waals surface area (Å²) >= 11 is 5.66. The number of nitrogens with one attached hydrogen (secondary N) is 1. The number of aromatic nitrogens is 1. The zero-order valence-corrected chi connectivity index (χ0v) is 17.1. The largest absolute Gasteiger partial charge is 0.505 e. The summed E-state index contributed by atoms with van der Waals surface area (Å²) in [5.74, 6) is -5.06. The average Bonchev–Trinajstić information content (AvgIpc) is 2.94. The fourth-order valence-corrected chi connectivity index (χ4v) is 3.36. The smallest absolute Gasteiger partial charge is 0.325 e. The van der Waals surface area contributed by atoms with E-state index in [4.69, 9.17) is 16.7 Å². The van der Waals surface area contributed by atoms with E-state index >= 15 is 0 Å². The number of carboxylic acids is 1. The van der Waals surface area contributed by atoms with Gasteiger partial charge in [-0.2, -0.15) is 0 Å². The number of fused-ring (bicyclic) bond motifs is 1. The van der Waals surface area contributed by atoms with Gasteiger partial charge in [-0.1, -0.05) is 11.6 Å². The second-order valence-electron chi connectivity index (χ2n) is 6.96. The van der Waals surface area contributed by atoms with E-state index in [1.165, 1.54) is 26.0 Å². The highest BCUT2D eigenvalue weighted by Crippen LogP contribution is 2.32.